The number of benzene rings is 1. The van der Waals surface area contributed by atoms with E-state index in [-0.39, 0.29) is 18.0 Å². The van der Waals surface area contributed by atoms with Crippen molar-refractivity contribution in [1.29, 1.82) is 0 Å². The molecule has 0 spiro atoms. The summed E-state index contributed by atoms with van der Waals surface area (Å²) in [4.78, 5) is 23.2. The first-order valence-corrected chi connectivity index (χ1v) is 8.77. The summed E-state index contributed by atoms with van der Waals surface area (Å²) in [5.74, 6) is 0.991. The van der Waals surface area contributed by atoms with Crippen LogP contribution in [0.4, 0.5) is 5.95 Å². The van der Waals surface area contributed by atoms with Crippen LogP contribution >= 0.6 is 0 Å². The van der Waals surface area contributed by atoms with Crippen LogP contribution in [0.3, 0.4) is 0 Å². The standard InChI is InChI=1S/C19H22N4O2/c1-23(11-13-10-12-6-2-5-9-16(12)25-13)18(24)17-14-7-3-4-8-15(14)21-19(20)22-17/h2,5-6,9,13H,3-4,7-8,10-11H2,1H3,(H2,20,21,22)/t13-/m1/s1. The lowest BCUT2D eigenvalue weighted by Gasteiger charge is -2.23. The Labute approximate surface area is 147 Å². The number of nitrogens with zero attached hydrogens (tertiary/aromatic N) is 3. The van der Waals surface area contributed by atoms with Gasteiger partial charge in [0, 0.05) is 24.7 Å². The van der Waals surface area contributed by atoms with Crippen LogP contribution in [-0.4, -0.2) is 40.5 Å². The summed E-state index contributed by atoms with van der Waals surface area (Å²) in [6, 6.07) is 8.01. The van der Waals surface area contributed by atoms with E-state index in [9.17, 15) is 4.79 Å². The van der Waals surface area contributed by atoms with E-state index in [0.29, 0.717) is 12.2 Å². The van der Waals surface area contributed by atoms with Crippen molar-refractivity contribution < 1.29 is 9.53 Å². The van der Waals surface area contributed by atoms with E-state index in [4.69, 9.17) is 10.5 Å². The smallest absolute Gasteiger partial charge is 0.272 e. The Morgan fingerprint density at radius 3 is 2.92 bits per heavy atom. The highest BCUT2D eigenvalue weighted by Crippen LogP contribution is 2.29. The Bertz CT molecular complexity index is 796. The van der Waals surface area contributed by atoms with Crippen LogP contribution in [0.2, 0.25) is 0 Å². The van der Waals surface area contributed by atoms with E-state index in [1.165, 1.54) is 5.56 Å². The number of aryl methyl sites for hydroxylation is 1. The van der Waals surface area contributed by atoms with Gasteiger partial charge in [-0.25, -0.2) is 9.97 Å². The second-order valence-corrected chi connectivity index (χ2v) is 6.80. The number of amides is 1. The molecule has 130 valence electrons. The number of likely N-dealkylation sites (N-methyl/N-ethyl adjacent to an activating group) is 1. The zero-order valence-corrected chi connectivity index (χ0v) is 14.4. The number of nitrogen functional groups attached to an aromatic ring is 1. The first-order valence-electron chi connectivity index (χ1n) is 8.77. The van der Waals surface area contributed by atoms with Crippen LogP contribution in [0, 0.1) is 0 Å². The average Bonchev–Trinajstić information content (AvgIpc) is 3.02. The predicted octanol–water partition coefficient (Wildman–Crippen LogP) is 2.01. The number of nitrogens with two attached hydrogens (primary N) is 1. The minimum atomic E-state index is -0.105. The van der Waals surface area contributed by atoms with Crippen molar-refractivity contribution in [2.45, 2.75) is 38.2 Å². The van der Waals surface area contributed by atoms with E-state index in [0.717, 1.165) is 49.1 Å². The Morgan fingerprint density at radius 2 is 2.08 bits per heavy atom. The lowest BCUT2D eigenvalue weighted by molar-refractivity contribution is 0.0723. The van der Waals surface area contributed by atoms with Gasteiger partial charge in [0.25, 0.3) is 5.91 Å². The fourth-order valence-corrected chi connectivity index (χ4v) is 3.71. The number of carbonyl (C=O) groups excluding carboxylic acids is 1. The number of ether oxygens (including phenoxy) is 1. The second kappa shape index (κ2) is 6.35. The minimum Gasteiger partial charge on any atom is -0.488 e. The van der Waals surface area contributed by atoms with Gasteiger partial charge >= 0.3 is 0 Å². The molecule has 0 fully saturated rings. The number of hydrogen-bond acceptors (Lipinski definition) is 5. The highest BCUT2D eigenvalue weighted by Gasteiger charge is 2.28. The van der Waals surface area contributed by atoms with Crippen LogP contribution in [0.15, 0.2) is 24.3 Å². The van der Waals surface area contributed by atoms with Crippen molar-refractivity contribution in [1.82, 2.24) is 14.9 Å². The third kappa shape index (κ3) is 3.04. The van der Waals surface area contributed by atoms with Gasteiger partial charge in [-0.05, 0) is 37.3 Å². The molecule has 1 aliphatic heterocycles. The Balaban J connectivity index is 1.51. The van der Waals surface area contributed by atoms with Crippen molar-refractivity contribution in [2.24, 2.45) is 0 Å². The fourth-order valence-electron chi connectivity index (χ4n) is 3.71. The molecule has 0 bridgehead atoms. The summed E-state index contributed by atoms with van der Waals surface area (Å²) in [5, 5.41) is 0. The van der Waals surface area contributed by atoms with Crippen molar-refractivity contribution in [3.05, 3.63) is 46.8 Å². The third-order valence-corrected chi connectivity index (χ3v) is 4.94. The molecule has 0 radical (unpaired) electrons. The lowest BCUT2D eigenvalue weighted by atomic mass is 9.94. The van der Waals surface area contributed by atoms with Crippen LogP contribution in [0.1, 0.15) is 40.2 Å². The van der Waals surface area contributed by atoms with Gasteiger partial charge in [0.1, 0.15) is 17.5 Å². The molecule has 0 saturated carbocycles. The molecule has 2 N–H and O–H groups in total. The molecule has 25 heavy (non-hydrogen) atoms. The SMILES string of the molecule is CN(C[C@H]1Cc2ccccc2O1)C(=O)c1nc(N)nc2c1CCCC2. The molecular weight excluding hydrogens is 316 g/mol. The Hall–Kier alpha value is -2.63. The first-order chi connectivity index (χ1) is 12.1. The van der Waals surface area contributed by atoms with Crippen molar-refractivity contribution >= 4 is 11.9 Å². The Kier molecular flexibility index (Phi) is 4.03. The molecule has 1 atom stereocenters. The maximum absolute atomic E-state index is 13.0. The molecule has 6 nitrogen and oxygen atoms in total. The molecule has 0 unspecified atom stereocenters. The lowest BCUT2D eigenvalue weighted by Crippen LogP contribution is -2.37. The highest BCUT2D eigenvalue weighted by molar-refractivity contribution is 5.94. The average molecular weight is 338 g/mol. The maximum Gasteiger partial charge on any atom is 0.272 e. The van der Waals surface area contributed by atoms with Gasteiger partial charge in [-0.1, -0.05) is 18.2 Å². The fraction of sp³-hybridized carbons (Fsp3) is 0.421. The molecule has 2 aromatic rings. The van der Waals surface area contributed by atoms with Gasteiger partial charge in [-0.3, -0.25) is 4.79 Å². The molecule has 1 aromatic carbocycles. The van der Waals surface area contributed by atoms with Crippen LogP contribution in [-0.2, 0) is 19.3 Å². The van der Waals surface area contributed by atoms with Gasteiger partial charge in [0.2, 0.25) is 5.95 Å². The Morgan fingerprint density at radius 1 is 1.28 bits per heavy atom. The topological polar surface area (TPSA) is 81.3 Å². The van der Waals surface area contributed by atoms with E-state index < -0.39 is 0 Å². The molecule has 2 heterocycles. The normalized spacial score (nSPS) is 18.2. The zero-order chi connectivity index (χ0) is 17.4. The summed E-state index contributed by atoms with van der Waals surface area (Å²) in [5.41, 5.74) is 9.37. The number of para-hydroxylation sites is 1. The quantitative estimate of drug-likeness (QED) is 0.926. The number of anilines is 1. The molecular formula is C19H22N4O2. The molecule has 1 amide bonds. The summed E-state index contributed by atoms with van der Waals surface area (Å²) < 4.78 is 5.95. The molecule has 2 aliphatic rings. The summed E-state index contributed by atoms with van der Waals surface area (Å²) >= 11 is 0. The number of fused-ring (bicyclic) bond motifs is 2. The van der Waals surface area contributed by atoms with Crippen molar-refractivity contribution in [3.63, 3.8) is 0 Å². The van der Waals surface area contributed by atoms with E-state index in [1.807, 2.05) is 18.2 Å². The van der Waals surface area contributed by atoms with Crippen molar-refractivity contribution in [3.8, 4) is 5.75 Å². The largest absolute Gasteiger partial charge is 0.488 e. The zero-order valence-electron chi connectivity index (χ0n) is 14.4. The number of aromatic nitrogens is 2. The van der Waals surface area contributed by atoms with Gasteiger partial charge in [-0.15, -0.1) is 0 Å². The van der Waals surface area contributed by atoms with Gasteiger partial charge < -0.3 is 15.4 Å². The number of carbonyl (C=O) groups is 1. The van der Waals surface area contributed by atoms with E-state index in [2.05, 4.69) is 16.0 Å². The number of hydrogen-bond donors (Lipinski definition) is 1. The van der Waals surface area contributed by atoms with Gasteiger partial charge in [0.05, 0.1) is 6.54 Å². The molecule has 1 aromatic heterocycles. The van der Waals surface area contributed by atoms with Crippen LogP contribution < -0.4 is 10.5 Å². The monoisotopic (exact) mass is 338 g/mol. The molecule has 0 saturated heterocycles. The summed E-state index contributed by atoms with van der Waals surface area (Å²) in [6.45, 7) is 0.520. The van der Waals surface area contributed by atoms with E-state index in [1.54, 1.807) is 11.9 Å². The predicted molar refractivity (Wildman–Crippen MR) is 94.6 cm³/mol. The maximum atomic E-state index is 13.0. The first kappa shape index (κ1) is 15.9. The summed E-state index contributed by atoms with van der Waals surface area (Å²) in [7, 11) is 1.79. The summed E-state index contributed by atoms with van der Waals surface area (Å²) in [6.07, 6.45) is 4.65. The molecule has 6 heteroatoms. The highest BCUT2D eigenvalue weighted by atomic mass is 16.5. The van der Waals surface area contributed by atoms with Crippen LogP contribution in [0.25, 0.3) is 0 Å². The second-order valence-electron chi connectivity index (χ2n) is 6.80. The third-order valence-electron chi connectivity index (χ3n) is 4.94. The van der Waals surface area contributed by atoms with Crippen molar-refractivity contribution in [2.75, 3.05) is 19.3 Å². The van der Waals surface area contributed by atoms with Crippen LogP contribution in [0.5, 0.6) is 5.75 Å². The molecule has 4 rings (SSSR count). The van der Waals surface area contributed by atoms with E-state index >= 15 is 0 Å². The van der Waals surface area contributed by atoms with Gasteiger partial charge in [0.15, 0.2) is 0 Å². The minimum absolute atomic E-state index is 0.0265. The number of rotatable bonds is 3. The van der Waals surface area contributed by atoms with Gasteiger partial charge in [-0.2, -0.15) is 0 Å². The molecule has 1 aliphatic carbocycles.